The van der Waals surface area contributed by atoms with E-state index in [2.05, 4.69) is 97.0 Å². The topological polar surface area (TPSA) is 34.5 Å². The molecule has 0 N–H and O–H groups in total. The molecular formula is C48H50N2O2. The second kappa shape index (κ2) is 16.5. The zero-order chi connectivity index (χ0) is 35.9. The van der Waals surface area contributed by atoms with Crippen LogP contribution in [-0.2, 0) is 11.3 Å². The number of ketones is 1. The molecule has 52 heavy (non-hydrogen) atoms. The third-order valence-electron chi connectivity index (χ3n) is 10.7. The third kappa shape index (κ3) is 7.74. The normalized spacial score (nSPS) is 15.2. The van der Waals surface area contributed by atoms with Crippen molar-refractivity contribution in [2.45, 2.75) is 53.0 Å². The Kier molecular flexibility index (Phi) is 11.3. The van der Waals surface area contributed by atoms with Crippen LogP contribution >= 0.6 is 0 Å². The van der Waals surface area contributed by atoms with E-state index in [1.165, 1.54) is 62.6 Å². The van der Waals surface area contributed by atoms with Crippen LogP contribution in [0.25, 0.3) is 38.8 Å². The minimum atomic E-state index is 0.103. The molecule has 1 saturated heterocycles. The van der Waals surface area contributed by atoms with Gasteiger partial charge in [0.15, 0.2) is 5.78 Å². The summed E-state index contributed by atoms with van der Waals surface area (Å²) >= 11 is 0. The Hall–Kier alpha value is -5.03. The van der Waals surface area contributed by atoms with Crippen LogP contribution in [0.5, 0.6) is 0 Å². The van der Waals surface area contributed by atoms with Crippen molar-refractivity contribution in [1.29, 1.82) is 0 Å². The predicted molar refractivity (Wildman–Crippen MR) is 219 cm³/mol. The first-order valence-electron chi connectivity index (χ1n) is 19.0. The summed E-state index contributed by atoms with van der Waals surface area (Å²) in [5, 5.41) is 4.80. The SMILES string of the molecule is CC1=C(CCN2CCOCC2)c2ccccc2C1=Cc1ccc(C)c2ccccc12.CCCCCn1ccc(C(=O)c2cccc3ccccc23)c1. The van der Waals surface area contributed by atoms with E-state index in [1.807, 2.05) is 60.9 Å². The predicted octanol–water partition coefficient (Wildman–Crippen LogP) is 11.3. The fourth-order valence-corrected chi connectivity index (χ4v) is 7.74. The van der Waals surface area contributed by atoms with Gasteiger partial charge in [-0.25, -0.2) is 0 Å². The van der Waals surface area contributed by atoms with Crippen molar-refractivity contribution in [1.82, 2.24) is 9.47 Å². The smallest absolute Gasteiger partial charge is 0.195 e. The lowest BCUT2D eigenvalue weighted by atomic mass is 9.96. The monoisotopic (exact) mass is 686 g/mol. The van der Waals surface area contributed by atoms with Crippen molar-refractivity contribution in [2.24, 2.45) is 0 Å². The first-order chi connectivity index (χ1) is 25.5. The van der Waals surface area contributed by atoms with Crippen LogP contribution in [0.3, 0.4) is 0 Å². The summed E-state index contributed by atoms with van der Waals surface area (Å²) in [6.07, 6.45) is 11.1. The van der Waals surface area contributed by atoms with Gasteiger partial charge >= 0.3 is 0 Å². The number of aryl methyl sites for hydroxylation is 2. The molecule has 0 bridgehead atoms. The summed E-state index contributed by atoms with van der Waals surface area (Å²) in [7, 11) is 0. The first-order valence-corrected chi connectivity index (χ1v) is 19.0. The maximum atomic E-state index is 12.8. The number of hydrogen-bond acceptors (Lipinski definition) is 3. The Bertz CT molecular complexity index is 2240. The summed E-state index contributed by atoms with van der Waals surface area (Å²) in [5.74, 6) is 0.103. The average molecular weight is 687 g/mol. The molecular weight excluding hydrogens is 637 g/mol. The first kappa shape index (κ1) is 35.4. The molecule has 2 aliphatic rings. The summed E-state index contributed by atoms with van der Waals surface area (Å²) in [6.45, 7) is 12.6. The van der Waals surface area contributed by atoms with Crippen LogP contribution in [0.1, 0.15) is 77.7 Å². The fourth-order valence-electron chi connectivity index (χ4n) is 7.74. The number of fused-ring (bicyclic) bond motifs is 3. The van der Waals surface area contributed by atoms with E-state index < -0.39 is 0 Å². The van der Waals surface area contributed by atoms with E-state index in [-0.39, 0.29) is 5.78 Å². The lowest BCUT2D eigenvalue weighted by Gasteiger charge is -2.26. The lowest BCUT2D eigenvalue weighted by Crippen LogP contribution is -2.36. The number of ether oxygens (including phenoxy) is 1. The van der Waals surface area contributed by atoms with E-state index in [0.717, 1.165) is 74.1 Å². The number of carbonyl (C=O) groups excluding carboxylic acids is 1. The zero-order valence-electron chi connectivity index (χ0n) is 30.9. The second-order valence-corrected chi connectivity index (χ2v) is 14.1. The molecule has 5 aromatic carbocycles. The van der Waals surface area contributed by atoms with E-state index in [4.69, 9.17) is 4.74 Å². The van der Waals surface area contributed by atoms with Gasteiger partial charge in [0.2, 0.25) is 0 Å². The summed E-state index contributed by atoms with van der Waals surface area (Å²) in [5.41, 5.74) is 11.3. The van der Waals surface area contributed by atoms with E-state index >= 15 is 0 Å². The van der Waals surface area contributed by atoms with Gasteiger partial charge in [-0.05, 0) is 99.3 Å². The van der Waals surface area contributed by atoms with Crippen LogP contribution in [0.2, 0.25) is 0 Å². The zero-order valence-corrected chi connectivity index (χ0v) is 30.9. The van der Waals surface area contributed by atoms with Crippen molar-refractivity contribution in [3.05, 3.63) is 161 Å². The Morgan fingerprint density at radius 2 is 1.44 bits per heavy atom. The number of rotatable bonds is 10. The van der Waals surface area contributed by atoms with E-state index in [1.54, 1.807) is 0 Å². The molecule has 0 radical (unpaired) electrons. The van der Waals surface area contributed by atoms with Crippen LogP contribution in [0.15, 0.2) is 127 Å². The minimum Gasteiger partial charge on any atom is -0.379 e. The van der Waals surface area contributed by atoms with Crippen molar-refractivity contribution in [3.8, 4) is 0 Å². The van der Waals surface area contributed by atoms with Crippen LogP contribution in [0.4, 0.5) is 0 Å². The molecule has 6 aromatic rings. The Balaban J connectivity index is 0.000000170. The van der Waals surface area contributed by atoms with Gasteiger partial charge in [0.05, 0.1) is 13.2 Å². The lowest BCUT2D eigenvalue weighted by molar-refractivity contribution is 0.0390. The highest BCUT2D eigenvalue weighted by Crippen LogP contribution is 2.44. The molecule has 0 saturated carbocycles. The van der Waals surface area contributed by atoms with Gasteiger partial charge < -0.3 is 9.30 Å². The molecule has 8 rings (SSSR count). The number of morpholine rings is 1. The van der Waals surface area contributed by atoms with Gasteiger partial charge in [0, 0.05) is 49.7 Å². The minimum absolute atomic E-state index is 0.103. The van der Waals surface area contributed by atoms with Gasteiger partial charge in [0.25, 0.3) is 0 Å². The average Bonchev–Trinajstić information content (AvgIpc) is 3.77. The van der Waals surface area contributed by atoms with Gasteiger partial charge in [-0.1, -0.05) is 123 Å². The molecule has 1 aliphatic heterocycles. The van der Waals surface area contributed by atoms with E-state index in [9.17, 15) is 4.79 Å². The Morgan fingerprint density at radius 3 is 2.25 bits per heavy atom. The standard InChI is InChI=1S/C28H29NO.C20H21NO/c1-20-11-12-22(25-8-4-3-7-23(20)25)19-28-21(2)24(26-9-5-6-10-27(26)28)13-14-29-15-17-30-18-16-29;1-2-3-6-13-21-14-12-17(15-21)20(22)19-11-7-9-16-8-4-5-10-18(16)19/h3-12,19H,13-18H2,1-2H3;4-5,7-12,14-15H,2-3,6,13H2,1H3. The molecule has 264 valence electrons. The molecule has 0 unspecified atom stereocenters. The Morgan fingerprint density at radius 1 is 0.731 bits per heavy atom. The number of hydrogen-bond donors (Lipinski definition) is 0. The number of aromatic nitrogens is 1. The highest BCUT2D eigenvalue weighted by atomic mass is 16.5. The van der Waals surface area contributed by atoms with Gasteiger partial charge in [-0.15, -0.1) is 0 Å². The molecule has 1 fully saturated rings. The van der Waals surface area contributed by atoms with Crippen molar-refractivity contribution >= 4 is 44.6 Å². The molecule has 4 nitrogen and oxygen atoms in total. The van der Waals surface area contributed by atoms with Crippen LogP contribution < -0.4 is 0 Å². The van der Waals surface area contributed by atoms with Crippen molar-refractivity contribution in [3.63, 3.8) is 0 Å². The molecule has 1 aliphatic carbocycles. The largest absolute Gasteiger partial charge is 0.379 e. The molecule has 2 heterocycles. The fraction of sp³-hybridized carbons (Fsp3) is 0.271. The third-order valence-corrected chi connectivity index (χ3v) is 10.7. The summed E-state index contributed by atoms with van der Waals surface area (Å²) in [4.78, 5) is 15.3. The molecule has 0 amide bonds. The van der Waals surface area contributed by atoms with Gasteiger partial charge in [0.1, 0.15) is 0 Å². The maximum Gasteiger partial charge on any atom is 0.195 e. The molecule has 4 heteroatoms. The van der Waals surface area contributed by atoms with E-state index in [0.29, 0.717) is 0 Å². The van der Waals surface area contributed by atoms with Crippen molar-refractivity contribution in [2.75, 3.05) is 32.8 Å². The number of allylic oxidation sites excluding steroid dienone is 2. The quantitative estimate of drug-likeness (QED) is 0.106. The maximum absolute atomic E-state index is 12.8. The highest BCUT2D eigenvalue weighted by Gasteiger charge is 2.24. The van der Waals surface area contributed by atoms with Crippen LogP contribution in [-0.4, -0.2) is 48.1 Å². The van der Waals surface area contributed by atoms with Crippen molar-refractivity contribution < 1.29 is 9.53 Å². The molecule has 1 aromatic heterocycles. The highest BCUT2D eigenvalue weighted by molar-refractivity contribution is 6.16. The summed E-state index contributed by atoms with van der Waals surface area (Å²) < 4.78 is 7.63. The summed E-state index contributed by atoms with van der Waals surface area (Å²) in [6, 6.07) is 38.0. The number of benzene rings is 5. The van der Waals surface area contributed by atoms with Gasteiger partial charge in [-0.2, -0.15) is 0 Å². The number of carbonyl (C=O) groups is 1. The number of unbranched alkanes of at least 4 members (excludes halogenated alkanes) is 2. The van der Waals surface area contributed by atoms with Crippen LogP contribution in [0, 0.1) is 6.92 Å². The second-order valence-electron chi connectivity index (χ2n) is 14.1. The Labute approximate surface area is 309 Å². The molecule has 0 atom stereocenters. The van der Waals surface area contributed by atoms with Gasteiger partial charge in [-0.3, -0.25) is 9.69 Å². The molecule has 0 spiro atoms. The number of nitrogens with zero attached hydrogens (tertiary/aromatic N) is 2.